The number of nitrogens with zero attached hydrogens (tertiary/aromatic N) is 4. The topological polar surface area (TPSA) is 174 Å². The number of rotatable bonds is 6. The maximum absolute atomic E-state index is 14.4. The Morgan fingerprint density at radius 1 is 1.12 bits per heavy atom. The van der Waals surface area contributed by atoms with E-state index in [9.17, 15) is 24.3 Å². The zero-order valence-corrected chi connectivity index (χ0v) is 29.7. The second-order valence-corrected chi connectivity index (χ2v) is 14.6. The fourth-order valence-electron chi connectivity index (χ4n) is 6.82. The molecule has 3 N–H and O–H groups in total. The van der Waals surface area contributed by atoms with Crippen molar-refractivity contribution in [3.8, 4) is 17.3 Å². The summed E-state index contributed by atoms with van der Waals surface area (Å²) in [6, 6.07) is 7.00. The van der Waals surface area contributed by atoms with Crippen LogP contribution < -0.4 is 20.1 Å². The van der Waals surface area contributed by atoms with E-state index in [1.54, 1.807) is 57.0 Å². The van der Waals surface area contributed by atoms with Gasteiger partial charge in [0.05, 0.1) is 24.9 Å². The maximum atomic E-state index is 14.4. The van der Waals surface area contributed by atoms with Gasteiger partial charge in [-0.15, -0.1) is 0 Å². The monoisotopic (exact) mass is 702 g/mol. The standard InChI is InChI=1S/C37H46N6O8/c1-22-15-16-43(41-22)31-19-30(26-14-13-24(49-5)17-28(26)38-31)50-25-18-29-32(44)40-37(34(46)47)20-23(37)11-9-7-6-8-10-12-27(33(45)42(29)21-25)39-35(48)51-36(2,3)4/h9,11,13-17,19,23,25,27,29H,6-8,10,12,18,20-21H2,1-5H3,(H,39,48)(H,40,44)(H,46,47)/b11-9-/t23-,25-,27?,29+,37-/m1/s1. The minimum absolute atomic E-state index is 0.0169. The van der Waals surface area contributed by atoms with Crippen molar-refractivity contribution in [1.29, 1.82) is 0 Å². The number of alkyl carbamates (subject to hydrolysis) is 1. The third kappa shape index (κ3) is 7.94. The van der Waals surface area contributed by atoms with Crippen LogP contribution in [-0.4, -0.2) is 91.6 Å². The van der Waals surface area contributed by atoms with E-state index in [4.69, 9.17) is 19.2 Å². The van der Waals surface area contributed by atoms with E-state index in [0.717, 1.165) is 25.0 Å². The first-order valence-corrected chi connectivity index (χ1v) is 17.5. The number of fused-ring (bicyclic) bond motifs is 3. The SMILES string of the molecule is COc1ccc2c(O[C@@H]3C[C@H]4C(=O)N[C@]5(C(=O)O)C[C@H]5/C=C\CCCCCC(NC(=O)OC(C)(C)C)C(=O)N4C3)cc(-n3ccc(C)n3)nc2c1. The summed E-state index contributed by atoms with van der Waals surface area (Å²) in [4.78, 5) is 60.1. The van der Waals surface area contributed by atoms with Crippen molar-refractivity contribution in [2.75, 3.05) is 13.7 Å². The molecule has 4 heterocycles. The number of hydrogen-bond donors (Lipinski definition) is 3. The fraction of sp³-hybridized carbons (Fsp3) is 0.514. The van der Waals surface area contributed by atoms with Crippen LogP contribution in [0.4, 0.5) is 4.79 Å². The zero-order valence-electron chi connectivity index (χ0n) is 29.7. The summed E-state index contributed by atoms with van der Waals surface area (Å²) in [5.74, 6) is -0.962. The van der Waals surface area contributed by atoms with Crippen molar-refractivity contribution in [2.45, 2.75) is 102 Å². The zero-order chi connectivity index (χ0) is 36.5. The van der Waals surface area contributed by atoms with Crippen LogP contribution in [0.3, 0.4) is 0 Å². The number of carbonyl (C=O) groups is 4. The van der Waals surface area contributed by atoms with Gasteiger partial charge in [0.15, 0.2) is 5.82 Å². The second-order valence-electron chi connectivity index (χ2n) is 14.6. The molecule has 272 valence electrons. The number of allylic oxidation sites excluding steroid dienone is 1. The van der Waals surface area contributed by atoms with E-state index < -0.39 is 53.2 Å². The number of carboxylic acids is 1. The Balaban J connectivity index is 1.34. The molecule has 1 aromatic carbocycles. The molecule has 5 atom stereocenters. The van der Waals surface area contributed by atoms with Gasteiger partial charge in [-0.2, -0.15) is 5.10 Å². The first-order chi connectivity index (χ1) is 24.3. The van der Waals surface area contributed by atoms with Crippen LogP contribution in [0, 0.1) is 12.8 Å². The van der Waals surface area contributed by atoms with E-state index in [2.05, 4.69) is 15.7 Å². The molecule has 3 amide bonds. The molecule has 0 radical (unpaired) electrons. The van der Waals surface area contributed by atoms with Crippen LogP contribution >= 0.6 is 0 Å². The molecule has 51 heavy (non-hydrogen) atoms. The molecule has 1 saturated heterocycles. The van der Waals surface area contributed by atoms with Gasteiger partial charge in [0.1, 0.15) is 40.8 Å². The van der Waals surface area contributed by atoms with Crippen LogP contribution in [0.25, 0.3) is 16.7 Å². The van der Waals surface area contributed by atoms with Gasteiger partial charge in [0.25, 0.3) is 0 Å². The van der Waals surface area contributed by atoms with Crippen LogP contribution in [0.15, 0.2) is 48.7 Å². The lowest BCUT2D eigenvalue weighted by Gasteiger charge is -2.30. The summed E-state index contributed by atoms with van der Waals surface area (Å²) in [6.45, 7) is 7.11. The van der Waals surface area contributed by atoms with Gasteiger partial charge in [-0.3, -0.25) is 9.59 Å². The summed E-state index contributed by atoms with van der Waals surface area (Å²) in [7, 11) is 1.57. The normalized spacial score (nSPS) is 26.2. The summed E-state index contributed by atoms with van der Waals surface area (Å²) < 4.78 is 19.2. The average molecular weight is 703 g/mol. The van der Waals surface area contributed by atoms with Crippen LogP contribution in [0.5, 0.6) is 11.5 Å². The largest absolute Gasteiger partial charge is 0.497 e. The number of aromatic nitrogens is 3. The van der Waals surface area contributed by atoms with E-state index in [-0.39, 0.29) is 25.3 Å². The molecular weight excluding hydrogens is 656 g/mol. The molecule has 2 aliphatic heterocycles. The van der Waals surface area contributed by atoms with Gasteiger partial charge in [0, 0.05) is 36.1 Å². The Morgan fingerprint density at radius 3 is 2.63 bits per heavy atom. The third-order valence-corrected chi connectivity index (χ3v) is 9.53. The number of hydrogen-bond acceptors (Lipinski definition) is 9. The van der Waals surface area contributed by atoms with Crippen molar-refractivity contribution in [1.82, 2.24) is 30.3 Å². The van der Waals surface area contributed by atoms with Gasteiger partial charge < -0.3 is 34.9 Å². The number of pyridine rings is 1. The molecule has 2 aromatic heterocycles. The lowest BCUT2D eigenvalue weighted by atomic mass is 10.0. The second kappa shape index (κ2) is 14.2. The molecule has 14 heteroatoms. The highest BCUT2D eigenvalue weighted by Crippen LogP contribution is 2.45. The smallest absolute Gasteiger partial charge is 0.408 e. The lowest BCUT2D eigenvalue weighted by Crippen LogP contribution is -2.56. The quantitative estimate of drug-likeness (QED) is 0.311. The molecule has 2 fully saturated rings. The summed E-state index contributed by atoms with van der Waals surface area (Å²) >= 11 is 0. The van der Waals surface area contributed by atoms with Gasteiger partial charge in [-0.05, 0) is 71.6 Å². The van der Waals surface area contributed by atoms with E-state index in [1.807, 2.05) is 31.2 Å². The predicted octanol–water partition coefficient (Wildman–Crippen LogP) is 4.46. The molecule has 1 unspecified atom stereocenters. The molecule has 14 nitrogen and oxygen atoms in total. The fourth-order valence-corrected chi connectivity index (χ4v) is 6.82. The van der Waals surface area contributed by atoms with E-state index in [1.165, 1.54) is 4.90 Å². The maximum Gasteiger partial charge on any atom is 0.408 e. The van der Waals surface area contributed by atoms with Crippen molar-refractivity contribution in [2.24, 2.45) is 5.92 Å². The minimum atomic E-state index is -1.45. The molecule has 6 rings (SSSR count). The number of aliphatic carboxylic acids is 1. The number of carbonyl (C=O) groups excluding carboxylic acids is 3. The highest BCUT2D eigenvalue weighted by Gasteiger charge is 2.61. The van der Waals surface area contributed by atoms with E-state index >= 15 is 0 Å². The lowest BCUT2D eigenvalue weighted by molar-refractivity contribution is -0.145. The number of benzene rings is 1. The number of ether oxygens (including phenoxy) is 3. The predicted molar refractivity (Wildman–Crippen MR) is 187 cm³/mol. The molecule has 3 aromatic rings. The van der Waals surface area contributed by atoms with Crippen molar-refractivity contribution >= 4 is 34.8 Å². The van der Waals surface area contributed by atoms with Gasteiger partial charge in [0.2, 0.25) is 11.8 Å². The minimum Gasteiger partial charge on any atom is -0.497 e. The summed E-state index contributed by atoms with van der Waals surface area (Å²) in [5.41, 5.74) is -0.843. The number of nitrogens with one attached hydrogen (secondary N) is 2. The first-order valence-electron chi connectivity index (χ1n) is 17.5. The first kappa shape index (κ1) is 35.7. The molecule has 1 saturated carbocycles. The van der Waals surface area contributed by atoms with Crippen LogP contribution in [0.2, 0.25) is 0 Å². The Morgan fingerprint density at radius 2 is 1.92 bits per heavy atom. The third-order valence-electron chi connectivity index (χ3n) is 9.53. The highest BCUT2D eigenvalue weighted by molar-refractivity contribution is 5.96. The van der Waals surface area contributed by atoms with Crippen LogP contribution in [0.1, 0.15) is 71.4 Å². The molecule has 0 bridgehead atoms. The number of methoxy groups -OCH3 is 1. The van der Waals surface area contributed by atoms with Crippen molar-refractivity contribution in [3.63, 3.8) is 0 Å². The number of carboxylic acid groups (broad SMARTS) is 1. The highest BCUT2D eigenvalue weighted by atomic mass is 16.6. The summed E-state index contributed by atoms with van der Waals surface area (Å²) in [6.07, 6.45) is 7.91. The molecular formula is C37H46N6O8. The van der Waals surface area contributed by atoms with Crippen molar-refractivity contribution in [3.05, 3.63) is 54.4 Å². The van der Waals surface area contributed by atoms with Gasteiger partial charge in [-0.1, -0.05) is 25.0 Å². The molecule has 0 spiro atoms. The Bertz CT molecular complexity index is 1850. The van der Waals surface area contributed by atoms with Crippen LogP contribution in [-0.2, 0) is 19.1 Å². The van der Waals surface area contributed by atoms with E-state index in [0.29, 0.717) is 41.1 Å². The average Bonchev–Trinajstić information content (AvgIpc) is 3.34. The molecule has 3 aliphatic rings. The van der Waals surface area contributed by atoms with Gasteiger partial charge in [-0.25, -0.2) is 19.3 Å². The van der Waals surface area contributed by atoms with Crippen molar-refractivity contribution < 1.29 is 38.5 Å². The van der Waals surface area contributed by atoms with Gasteiger partial charge >= 0.3 is 12.1 Å². The molecule has 1 aliphatic carbocycles. The Kier molecular flexibility index (Phi) is 9.96. The number of aryl methyl sites for hydroxylation is 1. The summed E-state index contributed by atoms with van der Waals surface area (Å²) in [5, 5.41) is 20.9. The Labute approximate surface area is 296 Å². The number of amides is 3. The Hall–Kier alpha value is -5.14.